The summed E-state index contributed by atoms with van der Waals surface area (Å²) in [6.45, 7) is 14.3. The highest BCUT2D eigenvalue weighted by atomic mass is 16.6. The van der Waals surface area contributed by atoms with Gasteiger partial charge in [0.05, 0.1) is 34.5 Å². The van der Waals surface area contributed by atoms with Crippen LogP contribution in [0.1, 0.15) is 129 Å². The molecule has 2 aliphatic carbocycles. The van der Waals surface area contributed by atoms with Crippen molar-refractivity contribution in [1.82, 2.24) is 0 Å². The first-order chi connectivity index (χ1) is 29.1. The van der Waals surface area contributed by atoms with Crippen LogP contribution in [-0.2, 0) is 23.7 Å². The van der Waals surface area contributed by atoms with Gasteiger partial charge in [-0.05, 0) is 125 Å². The summed E-state index contributed by atoms with van der Waals surface area (Å²) in [5.74, 6) is -1.63. The Morgan fingerprint density at radius 2 is 1.03 bits per heavy atom. The van der Waals surface area contributed by atoms with Gasteiger partial charge in [0.15, 0.2) is 0 Å². The summed E-state index contributed by atoms with van der Waals surface area (Å²) in [6.07, 6.45) is 3.89. The van der Waals surface area contributed by atoms with Crippen molar-refractivity contribution < 1.29 is 42.9 Å². The Morgan fingerprint density at radius 1 is 0.574 bits per heavy atom. The van der Waals surface area contributed by atoms with Gasteiger partial charge in [0.2, 0.25) is 0 Å². The van der Waals surface area contributed by atoms with Gasteiger partial charge in [-0.3, -0.25) is 0 Å². The van der Waals surface area contributed by atoms with E-state index in [1.807, 2.05) is 100 Å². The molecule has 1 aliphatic heterocycles. The molecule has 2 saturated carbocycles. The number of hydrogen-bond donors (Lipinski definition) is 0. The number of esters is 4. The minimum absolute atomic E-state index is 0.0146. The van der Waals surface area contributed by atoms with Crippen LogP contribution < -0.4 is 0 Å². The van der Waals surface area contributed by atoms with Crippen molar-refractivity contribution in [2.45, 2.75) is 111 Å². The van der Waals surface area contributed by atoms with Gasteiger partial charge in [0.1, 0.15) is 24.9 Å². The lowest BCUT2D eigenvalue weighted by molar-refractivity contribution is -0.271. The van der Waals surface area contributed by atoms with Crippen LogP contribution in [0.3, 0.4) is 0 Å². The number of fused-ring (bicyclic) bond motifs is 2. The van der Waals surface area contributed by atoms with Crippen molar-refractivity contribution in [2.75, 3.05) is 19.8 Å². The van der Waals surface area contributed by atoms with Gasteiger partial charge >= 0.3 is 23.9 Å². The highest BCUT2D eigenvalue weighted by molar-refractivity contribution is 5.92. The maximum atomic E-state index is 13.9. The van der Waals surface area contributed by atoms with E-state index in [2.05, 4.69) is 20.8 Å². The molecule has 0 amide bonds. The standard InChI is InChI=1S/C52H60O9/c1-34-16-8-12-20-39(34)45(53)57-31-30-51(33-59-47(55)41-22-14-10-18-36(41)3)28-29-52(61-51)38(5)24-25-43-49(6,32-58-46(54)40-21-13-9-17-35(40)2)44(26-27-50(43,52)7)60-48(56)42-23-15-11-19-37(42)4/h8-23,38,43-44H,24-33H2,1-7H3/t38-,43+,44+,49+,50+,51-,52-/m1/s1. The molecule has 322 valence electrons. The Hall–Kier alpha value is -5.28. The lowest BCUT2D eigenvalue weighted by Gasteiger charge is -2.65. The van der Waals surface area contributed by atoms with Crippen molar-refractivity contribution in [3.8, 4) is 0 Å². The van der Waals surface area contributed by atoms with Crippen LogP contribution in [0.5, 0.6) is 0 Å². The van der Waals surface area contributed by atoms with E-state index in [-0.39, 0.29) is 31.7 Å². The van der Waals surface area contributed by atoms with Crippen LogP contribution in [0, 0.1) is 50.4 Å². The Morgan fingerprint density at radius 3 is 1.54 bits per heavy atom. The Kier molecular flexibility index (Phi) is 12.6. The molecule has 0 N–H and O–H groups in total. The van der Waals surface area contributed by atoms with Gasteiger partial charge in [-0.15, -0.1) is 0 Å². The first-order valence-corrected chi connectivity index (χ1v) is 21.8. The van der Waals surface area contributed by atoms with E-state index in [1.54, 1.807) is 24.3 Å². The van der Waals surface area contributed by atoms with Crippen LogP contribution >= 0.6 is 0 Å². The molecule has 9 heteroatoms. The maximum absolute atomic E-state index is 13.9. The Labute approximate surface area is 360 Å². The summed E-state index contributed by atoms with van der Waals surface area (Å²) in [6, 6.07) is 29.5. The highest BCUT2D eigenvalue weighted by Gasteiger charge is 2.70. The minimum Gasteiger partial charge on any atom is -0.462 e. The second kappa shape index (κ2) is 17.6. The minimum atomic E-state index is -0.953. The summed E-state index contributed by atoms with van der Waals surface area (Å²) >= 11 is 0. The van der Waals surface area contributed by atoms with Crippen molar-refractivity contribution in [1.29, 1.82) is 0 Å². The molecule has 1 saturated heterocycles. The fraction of sp³-hybridized carbons (Fsp3) is 0.462. The molecule has 3 fully saturated rings. The van der Waals surface area contributed by atoms with Gasteiger partial charge < -0.3 is 23.7 Å². The fourth-order valence-electron chi connectivity index (χ4n) is 11.0. The molecule has 7 atom stereocenters. The van der Waals surface area contributed by atoms with Crippen LogP contribution in [0.25, 0.3) is 0 Å². The molecule has 0 unspecified atom stereocenters. The largest absolute Gasteiger partial charge is 0.462 e. The molecule has 0 aromatic heterocycles. The van der Waals surface area contributed by atoms with E-state index >= 15 is 0 Å². The normalized spacial score (nSPS) is 28.1. The van der Waals surface area contributed by atoms with Gasteiger partial charge in [-0.25, -0.2) is 19.2 Å². The molecule has 7 rings (SSSR count). The molecule has 4 aromatic rings. The van der Waals surface area contributed by atoms with Gasteiger partial charge in [-0.2, -0.15) is 0 Å². The van der Waals surface area contributed by atoms with Crippen LogP contribution in [0.15, 0.2) is 97.1 Å². The summed E-state index contributed by atoms with van der Waals surface area (Å²) in [7, 11) is 0. The van der Waals surface area contributed by atoms with E-state index in [9.17, 15) is 19.2 Å². The third-order valence-corrected chi connectivity index (χ3v) is 14.7. The number of benzene rings is 4. The fourth-order valence-corrected chi connectivity index (χ4v) is 11.0. The molecule has 3 aliphatic rings. The molecule has 0 bridgehead atoms. The third-order valence-electron chi connectivity index (χ3n) is 14.7. The van der Waals surface area contributed by atoms with E-state index in [0.717, 1.165) is 35.1 Å². The van der Waals surface area contributed by atoms with E-state index in [4.69, 9.17) is 23.7 Å². The molecule has 9 nitrogen and oxygen atoms in total. The first-order valence-electron chi connectivity index (χ1n) is 21.8. The average molecular weight is 829 g/mol. The predicted molar refractivity (Wildman–Crippen MR) is 233 cm³/mol. The molecule has 4 aromatic carbocycles. The second-order valence-corrected chi connectivity index (χ2v) is 18.4. The van der Waals surface area contributed by atoms with E-state index < -0.39 is 52.0 Å². The van der Waals surface area contributed by atoms with Gasteiger partial charge in [0.25, 0.3) is 0 Å². The van der Waals surface area contributed by atoms with Crippen LogP contribution in [0.2, 0.25) is 0 Å². The molecular formula is C52H60O9. The third kappa shape index (κ3) is 8.38. The molecular weight excluding hydrogens is 769 g/mol. The van der Waals surface area contributed by atoms with Crippen molar-refractivity contribution in [3.63, 3.8) is 0 Å². The van der Waals surface area contributed by atoms with Crippen molar-refractivity contribution in [2.24, 2.45) is 22.7 Å². The number of ether oxygens (including phenoxy) is 5. The second-order valence-electron chi connectivity index (χ2n) is 18.4. The zero-order valence-electron chi connectivity index (χ0n) is 36.7. The zero-order chi connectivity index (χ0) is 43.6. The Balaban J connectivity index is 1.21. The number of hydrogen-bond acceptors (Lipinski definition) is 9. The van der Waals surface area contributed by atoms with Crippen LogP contribution in [0.4, 0.5) is 0 Å². The summed E-state index contributed by atoms with van der Waals surface area (Å²) in [5, 5.41) is 0. The summed E-state index contributed by atoms with van der Waals surface area (Å²) in [4.78, 5) is 54.6. The summed E-state index contributed by atoms with van der Waals surface area (Å²) < 4.78 is 32.4. The molecule has 61 heavy (non-hydrogen) atoms. The number of carbonyl (C=O) groups is 4. The van der Waals surface area contributed by atoms with Gasteiger partial charge in [-0.1, -0.05) is 93.6 Å². The number of aryl methyl sites for hydroxylation is 4. The Bertz CT molecular complexity index is 2280. The maximum Gasteiger partial charge on any atom is 0.338 e. The molecule has 0 radical (unpaired) electrons. The predicted octanol–water partition coefficient (Wildman–Crippen LogP) is 10.5. The number of carbonyl (C=O) groups excluding carboxylic acids is 4. The van der Waals surface area contributed by atoms with E-state index in [1.165, 1.54) is 0 Å². The lowest BCUT2D eigenvalue weighted by atomic mass is 9.43. The highest BCUT2D eigenvalue weighted by Crippen LogP contribution is 2.68. The quantitative estimate of drug-likeness (QED) is 0.102. The molecule has 1 heterocycles. The first kappa shape index (κ1) is 43.8. The van der Waals surface area contributed by atoms with E-state index in [0.29, 0.717) is 54.4 Å². The smallest absolute Gasteiger partial charge is 0.338 e. The average Bonchev–Trinajstić information content (AvgIpc) is 3.64. The topological polar surface area (TPSA) is 114 Å². The number of rotatable bonds is 12. The summed E-state index contributed by atoms with van der Waals surface area (Å²) in [5.41, 5.74) is 2.40. The monoisotopic (exact) mass is 828 g/mol. The SMILES string of the molecule is Cc1ccccc1C(=O)OCC[C@@]1(COC(=O)c2ccccc2C)CC[C@@]2(O1)[C@H](C)CC[C@H]1[C@](C)(COC(=O)c3ccccc3C)[C@@H](OC(=O)c3ccccc3C)CC[C@@]12C. The lowest BCUT2D eigenvalue weighted by Crippen LogP contribution is -2.67. The molecule has 1 spiro atoms. The van der Waals surface area contributed by atoms with Gasteiger partial charge in [0, 0.05) is 17.3 Å². The zero-order valence-corrected chi connectivity index (χ0v) is 36.7. The van der Waals surface area contributed by atoms with Crippen LogP contribution in [-0.4, -0.2) is 61.0 Å². The van der Waals surface area contributed by atoms with Crippen molar-refractivity contribution >= 4 is 23.9 Å². The van der Waals surface area contributed by atoms with Crippen molar-refractivity contribution in [3.05, 3.63) is 142 Å².